The Kier molecular flexibility index (Phi) is 4.45. The van der Waals surface area contributed by atoms with Crippen LogP contribution in [-0.4, -0.2) is 28.7 Å². The van der Waals surface area contributed by atoms with E-state index in [4.69, 9.17) is 4.74 Å². The molecule has 2 atom stereocenters. The number of esters is 1. The van der Waals surface area contributed by atoms with Crippen molar-refractivity contribution in [1.82, 2.24) is 4.57 Å². The molecule has 2 heterocycles. The molecule has 2 aromatic carbocycles. The molecular weight excluding hydrogens is 421 g/mol. The Morgan fingerprint density at radius 3 is 2.64 bits per heavy atom. The number of aliphatic carboxylic acids is 1. The average molecular weight is 448 g/mol. The summed E-state index contributed by atoms with van der Waals surface area (Å²) in [6.07, 6.45) is 6.20. The second-order valence-corrected chi connectivity index (χ2v) is 9.86. The first-order valence-corrected chi connectivity index (χ1v) is 11.7. The zero-order chi connectivity index (χ0) is 22.9. The minimum atomic E-state index is -0.954. The third-order valence-corrected chi connectivity index (χ3v) is 8.12. The molecule has 170 valence electrons. The van der Waals surface area contributed by atoms with Crippen molar-refractivity contribution in [3.05, 3.63) is 58.9 Å². The van der Waals surface area contributed by atoms with Crippen LogP contribution in [0.2, 0.25) is 0 Å². The van der Waals surface area contributed by atoms with Crippen molar-refractivity contribution in [2.75, 3.05) is 7.11 Å². The first kappa shape index (κ1) is 20.5. The molecule has 33 heavy (non-hydrogen) atoms. The van der Waals surface area contributed by atoms with Gasteiger partial charge in [0, 0.05) is 28.9 Å². The number of halogens is 1. The minimum Gasteiger partial charge on any atom is -0.481 e. The fourth-order valence-electron chi connectivity index (χ4n) is 6.39. The van der Waals surface area contributed by atoms with E-state index in [-0.39, 0.29) is 11.7 Å². The first-order valence-electron chi connectivity index (χ1n) is 11.7. The Morgan fingerprint density at radius 2 is 1.91 bits per heavy atom. The maximum Gasteiger partial charge on any atom is 0.337 e. The van der Waals surface area contributed by atoms with Gasteiger partial charge in [0.25, 0.3) is 0 Å². The van der Waals surface area contributed by atoms with Gasteiger partial charge < -0.3 is 14.4 Å². The zero-order valence-corrected chi connectivity index (χ0v) is 18.6. The van der Waals surface area contributed by atoms with Gasteiger partial charge in [-0.15, -0.1) is 0 Å². The predicted molar refractivity (Wildman–Crippen MR) is 122 cm³/mol. The van der Waals surface area contributed by atoms with Gasteiger partial charge in [-0.25, -0.2) is 9.18 Å². The number of carboxylic acids is 1. The number of ether oxygens (including phenoxy) is 1. The average Bonchev–Trinajstić information content (AvgIpc) is 3.50. The van der Waals surface area contributed by atoms with Crippen LogP contribution in [0.25, 0.3) is 22.2 Å². The van der Waals surface area contributed by atoms with Crippen LogP contribution < -0.4 is 0 Å². The van der Waals surface area contributed by atoms with Crippen molar-refractivity contribution in [3.8, 4) is 11.3 Å². The summed E-state index contributed by atoms with van der Waals surface area (Å²) in [6, 6.07) is 10.4. The van der Waals surface area contributed by atoms with E-state index in [1.807, 2.05) is 18.2 Å². The smallest absolute Gasteiger partial charge is 0.337 e. The number of rotatable bonds is 3. The summed E-state index contributed by atoms with van der Waals surface area (Å²) in [5, 5.41) is 11.3. The number of benzene rings is 2. The molecule has 0 saturated heterocycles. The van der Waals surface area contributed by atoms with Gasteiger partial charge in [-0.2, -0.15) is 0 Å². The normalized spacial score (nSPS) is 23.9. The zero-order valence-electron chi connectivity index (χ0n) is 18.6. The molecule has 3 aromatic rings. The third kappa shape index (κ3) is 2.89. The van der Waals surface area contributed by atoms with Gasteiger partial charge in [0.05, 0.1) is 23.8 Å². The molecule has 0 spiro atoms. The number of hydrogen-bond donors (Lipinski definition) is 1. The van der Waals surface area contributed by atoms with Gasteiger partial charge in [0.15, 0.2) is 0 Å². The van der Waals surface area contributed by atoms with Crippen LogP contribution in [0, 0.1) is 11.2 Å². The Labute approximate surface area is 191 Å². The number of carbonyl (C=O) groups is 2. The Morgan fingerprint density at radius 1 is 1.12 bits per heavy atom. The molecule has 2 aliphatic carbocycles. The summed E-state index contributed by atoms with van der Waals surface area (Å²) < 4.78 is 21.4. The summed E-state index contributed by atoms with van der Waals surface area (Å²) in [7, 11) is 1.36. The van der Waals surface area contributed by atoms with Crippen LogP contribution in [0.15, 0.2) is 36.4 Å². The molecule has 2 fully saturated rings. The molecule has 0 unspecified atom stereocenters. The van der Waals surface area contributed by atoms with Crippen LogP contribution in [-0.2, 0) is 16.1 Å². The monoisotopic (exact) mass is 447 g/mol. The lowest BCUT2D eigenvalue weighted by Gasteiger charge is -2.24. The number of carbonyl (C=O) groups excluding carboxylic acids is 1. The molecule has 1 aliphatic heterocycles. The summed E-state index contributed by atoms with van der Waals surface area (Å²) in [6.45, 7) is 0.312. The third-order valence-electron chi connectivity index (χ3n) is 8.12. The van der Waals surface area contributed by atoms with Crippen LogP contribution >= 0.6 is 0 Å². The molecule has 1 aromatic heterocycles. The fourth-order valence-corrected chi connectivity index (χ4v) is 6.39. The van der Waals surface area contributed by atoms with Crippen LogP contribution in [0.5, 0.6) is 0 Å². The molecule has 0 radical (unpaired) electrons. The van der Waals surface area contributed by atoms with Crippen molar-refractivity contribution in [1.29, 1.82) is 0 Å². The highest BCUT2D eigenvalue weighted by Crippen LogP contribution is 2.65. The molecule has 3 aliphatic rings. The van der Waals surface area contributed by atoms with E-state index < -0.39 is 17.4 Å². The summed E-state index contributed by atoms with van der Waals surface area (Å²) >= 11 is 0. The second kappa shape index (κ2) is 7.17. The molecule has 0 bridgehead atoms. The molecule has 1 N–H and O–H groups in total. The van der Waals surface area contributed by atoms with Gasteiger partial charge in [-0.05, 0) is 66.6 Å². The fraction of sp³-hybridized carbons (Fsp3) is 0.407. The van der Waals surface area contributed by atoms with Crippen molar-refractivity contribution in [3.63, 3.8) is 0 Å². The first-order chi connectivity index (χ1) is 15.9. The van der Waals surface area contributed by atoms with Gasteiger partial charge >= 0.3 is 11.9 Å². The number of nitrogens with zero attached hydrogens (tertiary/aromatic N) is 1. The Balaban J connectivity index is 1.69. The van der Waals surface area contributed by atoms with Crippen molar-refractivity contribution in [2.24, 2.45) is 5.41 Å². The number of methoxy groups -OCH3 is 1. The maximum absolute atomic E-state index is 14.4. The van der Waals surface area contributed by atoms with E-state index in [9.17, 15) is 19.1 Å². The van der Waals surface area contributed by atoms with Gasteiger partial charge in [0.1, 0.15) is 5.82 Å². The molecule has 5 nitrogen and oxygen atoms in total. The molecule has 0 amide bonds. The van der Waals surface area contributed by atoms with E-state index in [2.05, 4.69) is 4.57 Å². The maximum atomic E-state index is 14.4. The summed E-state index contributed by atoms with van der Waals surface area (Å²) in [4.78, 5) is 24.8. The topological polar surface area (TPSA) is 68.5 Å². The SMILES string of the molecule is COC(=O)c1ccc2c(C3CCCCC3)c3n(c2c1)C[C@@]1(C(=O)O)C[C@H]1c1cc(F)ccc1-3. The molecule has 6 rings (SSSR count). The summed E-state index contributed by atoms with van der Waals surface area (Å²) in [5.41, 5.74) is 4.29. The van der Waals surface area contributed by atoms with Gasteiger partial charge in [-0.3, -0.25) is 4.79 Å². The van der Waals surface area contributed by atoms with E-state index in [0.717, 1.165) is 53.4 Å². The lowest BCUT2D eigenvalue weighted by atomic mass is 9.81. The summed E-state index contributed by atoms with van der Waals surface area (Å²) in [5.74, 6) is -1.45. The highest BCUT2D eigenvalue weighted by molar-refractivity contribution is 5.99. The highest BCUT2D eigenvalue weighted by Gasteiger charge is 2.63. The Hall–Kier alpha value is -3.15. The largest absolute Gasteiger partial charge is 0.481 e. The van der Waals surface area contributed by atoms with E-state index in [1.165, 1.54) is 31.2 Å². The van der Waals surface area contributed by atoms with Crippen LogP contribution in [0.4, 0.5) is 4.39 Å². The molecule has 6 heteroatoms. The minimum absolute atomic E-state index is 0.210. The second-order valence-electron chi connectivity index (χ2n) is 9.86. The van der Waals surface area contributed by atoms with E-state index in [1.54, 1.807) is 6.07 Å². The lowest BCUT2D eigenvalue weighted by molar-refractivity contribution is -0.144. The van der Waals surface area contributed by atoms with Crippen molar-refractivity contribution in [2.45, 2.75) is 56.9 Å². The molecule has 2 saturated carbocycles. The lowest BCUT2D eigenvalue weighted by Crippen LogP contribution is -2.22. The Bertz CT molecular complexity index is 1320. The number of hydrogen-bond acceptors (Lipinski definition) is 3. The van der Waals surface area contributed by atoms with Crippen LogP contribution in [0.1, 0.15) is 71.8 Å². The molecular formula is C27H26FNO4. The standard InChI is InChI=1S/C27H26FNO4/c1-33-25(30)16-7-9-19-22(11-16)29-14-27(26(31)32)13-21(27)20-12-17(28)8-10-18(20)24(29)23(19)15-5-3-2-4-6-15/h7-12,15,21H,2-6,13-14H2,1H3,(H,31,32)/t21-,27-/m0/s1. The van der Waals surface area contributed by atoms with Crippen molar-refractivity contribution >= 4 is 22.8 Å². The number of carboxylic acid groups (broad SMARTS) is 1. The van der Waals surface area contributed by atoms with E-state index in [0.29, 0.717) is 24.4 Å². The van der Waals surface area contributed by atoms with Gasteiger partial charge in [-0.1, -0.05) is 25.3 Å². The number of fused-ring (bicyclic) bond motifs is 7. The quantitative estimate of drug-likeness (QED) is 0.511. The predicted octanol–water partition coefficient (Wildman–Crippen LogP) is 5.85. The van der Waals surface area contributed by atoms with Crippen molar-refractivity contribution < 1.29 is 23.8 Å². The highest BCUT2D eigenvalue weighted by atomic mass is 19.1. The van der Waals surface area contributed by atoms with E-state index >= 15 is 0 Å². The van der Waals surface area contributed by atoms with Gasteiger partial charge in [0.2, 0.25) is 0 Å². The number of aromatic nitrogens is 1. The van der Waals surface area contributed by atoms with Crippen LogP contribution in [0.3, 0.4) is 0 Å².